The molecule has 4 rings (SSSR count). The molecule has 0 saturated heterocycles. The second kappa shape index (κ2) is 8.16. The molecule has 0 fully saturated rings. The molecular formula is C26H27NO4. The maximum Gasteiger partial charge on any atom is 0.264 e. The monoisotopic (exact) mass is 417 g/mol. The number of fused-ring (bicyclic) bond motifs is 2. The zero-order chi connectivity index (χ0) is 22.2. The summed E-state index contributed by atoms with van der Waals surface area (Å²) in [7, 11) is 0. The van der Waals surface area contributed by atoms with Gasteiger partial charge in [0.05, 0.1) is 12.3 Å². The highest BCUT2D eigenvalue weighted by Crippen LogP contribution is 2.46. The number of carbonyl (C=O) groups is 2. The predicted octanol–water partition coefficient (Wildman–Crippen LogP) is 4.44. The number of amides is 1. The molecule has 0 aromatic heterocycles. The van der Waals surface area contributed by atoms with Gasteiger partial charge in [0.15, 0.2) is 5.60 Å². The van der Waals surface area contributed by atoms with Crippen LogP contribution in [0.5, 0.6) is 5.75 Å². The van der Waals surface area contributed by atoms with Gasteiger partial charge in [-0.3, -0.25) is 9.59 Å². The van der Waals surface area contributed by atoms with Crippen LogP contribution in [0.2, 0.25) is 0 Å². The molecule has 1 aliphatic heterocycles. The van der Waals surface area contributed by atoms with Crippen molar-refractivity contribution in [3.05, 3.63) is 71.3 Å². The van der Waals surface area contributed by atoms with Gasteiger partial charge in [0.1, 0.15) is 11.5 Å². The third-order valence-corrected chi connectivity index (χ3v) is 5.91. The minimum Gasteiger partial charge on any atom is -0.493 e. The Morgan fingerprint density at radius 1 is 1.03 bits per heavy atom. The normalized spacial score (nSPS) is 17.8. The van der Waals surface area contributed by atoms with Gasteiger partial charge < -0.3 is 14.7 Å². The van der Waals surface area contributed by atoms with Crippen molar-refractivity contribution >= 4 is 28.2 Å². The second-order valence-electron chi connectivity index (χ2n) is 8.30. The summed E-state index contributed by atoms with van der Waals surface area (Å²) >= 11 is 0. The molecule has 5 heteroatoms. The van der Waals surface area contributed by atoms with Crippen molar-refractivity contribution in [3.8, 4) is 5.75 Å². The molecule has 0 aliphatic carbocycles. The maximum absolute atomic E-state index is 13.2. The summed E-state index contributed by atoms with van der Waals surface area (Å²) in [6.45, 7) is 6.02. The molecule has 0 radical (unpaired) electrons. The van der Waals surface area contributed by atoms with Crippen molar-refractivity contribution in [2.75, 3.05) is 18.1 Å². The number of anilines is 1. The molecule has 0 spiro atoms. The van der Waals surface area contributed by atoms with Crippen LogP contribution in [0.1, 0.15) is 36.5 Å². The molecule has 1 aliphatic rings. The van der Waals surface area contributed by atoms with E-state index < -0.39 is 11.5 Å². The van der Waals surface area contributed by atoms with E-state index >= 15 is 0 Å². The minimum absolute atomic E-state index is 0.216. The van der Waals surface area contributed by atoms with E-state index in [-0.39, 0.29) is 12.2 Å². The van der Waals surface area contributed by atoms with Crippen molar-refractivity contribution in [1.82, 2.24) is 0 Å². The van der Waals surface area contributed by atoms with Gasteiger partial charge in [-0.25, -0.2) is 0 Å². The van der Waals surface area contributed by atoms with Crippen molar-refractivity contribution in [3.63, 3.8) is 0 Å². The number of hydrogen-bond acceptors (Lipinski definition) is 4. The first-order valence-corrected chi connectivity index (χ1v) is 10.6. The van der Waals surface area contributed by atoms with E-state index in [1.54, 1.807) is 4.90 Å². The number of carbonyl (C=O) groups excluding carboxylic acids is 2. The Balaban J connectivity index is 1.53. The predicted molar refractivity (Wildman–Crippen MR) is 122 cm³/mol. The quantitative estimate of drug-likeness (QED) is 0.577. The Kier molecular flexibility index (Phi) is 5.54. The number of rotatable bonds is 7. The number of ketones is 1. The third kappa shape index (κ3) is 3.70. The minimum atomic E-state index is -1.80. The lowest BCUT2D eigenvalue weighted by molar-refractivity contribution is -0.141. The fourth-order valence-electron chi connectivity index (χ4n) is 4.56. The van der Waals surface area contributed by atoms with Crippen LogP contribution in [0, 0.1) is 13.8 Å². The van der Waals surface area contributed by atoms with E-state index in [4.69, 9.17) is 4.74 Å². The molecule has 0 bridgehead atoms. The fourth-order valence-corrected chi connectivity index (χ4v) is 4.56. The Labute approximate surface area is 182 Å². The van der Waals surface area contributed by atoms with Crippen LogP contribution in [-0.2, 0) is 15.2 Å². The average molecular weight is 418 g/mol. The van der Waals surface area contributed by atoms with E-state index in [2.05, 4.69) is 0 Å². The first-order valence-electron chi connectivity index (χ1n) is 10.6. The van der Waals surface area contributed by atoms with Crippen LogP contribution in [0.4, 0.5) is 5.69 Å². The smallest absolute Gasteiger partial charge is 0.264 e. The van der Waals surface area contributed by atoms with Crippen LogP contribution in [0.3, 0.4) is 0 Å². The number of aliphatic hydroxyl groups is 1. The van der Waals surface area contributed by atoms with Crippen molar-refractivity contribution in [2.24, 2.45) is 0 Å². The molecule has 3 aromatic rings. The molecule has 3 aromatic carbocycles. The van der Waals surface area contributed by atoms with Crippen LogP contribution in [-0.4, -0.2) is 29.9 Å². The number of nitrogens with zero attached hydrogens (tertiary/aromatic N) is 1. The lowest BCUT2D eigenvalue weighted by atomic mass is 9.86. The van der Waals surface area contributed by atoms with Gasteiger partial charge in [0.25, 0.3) is 5.91 Å². The van der Waals surface area contributed by atoms with Crippen LogP contribution in [0.25, 0.3) is 10.8 Å². The molecule has 5 nitrogen and oxygen atoms in total. The summed E-state index contributed by atoms with van der Waals surface area (Å²) in [6.07, 6.45) is 0.379. The van der Waals surface area contributed by atoms with Gasteiger partial charge in [0.2, 0.25) is 0 Å². The van der Waals surface area contributed by atoms with Crippen molar-refractivity contribution in [1.29, 1.82) is 0 Å². The van der Waals surface area contributed by atoms with E-state index in [0.717, 1.165) is 33.3 Å². The zero-order valence-corrected chi connectivity index (χ0v) is 18.1. The van der Waals surface area contributed by atoms with Crippen LogP contribution in [0.15, 0.2) is 54.6 Å². The Hall–Kier alpha value is -3.18. The summed E-state index contributed by atoms with van der Waals surface area (Å²) in [6, 6.07) is 17.8. The molecule has 1 atom stereocenters. The van der Waals surface area contributed by atoms with E-state index in [1.807, 2.05) is 68.4 Å². The lowest BCUT2D eigenvalue weighted by Crippen LogP contribution is -2.42. The summed E-state index contributed by atoms with van der Waals surface area (Å²) in [5, 5.41) is 13.4. The highest BCUT2D eigenvalue weighted by Gasteiger charge is 2.51. The number of ether oxygens (including phenoxy) is 1. The molecular weight excluding hydrogens is 390 g/mol. The molecule has 0 saturated carbocycles. The standard InChI is InChI=1S/C26H27NO4/c1-17-12-13-18(2)24-23(17)26(30,16-19(3)28)25(29)27(24)14-7-15-31-22-11-6-9-20-8-4-5-10-21(20)22/h4-6,8-13,30H,7,14-16H2,1-3H3. The zero-order valence-electron chi connectivity index (χ0n) is 18.1. The molecule has 1 heterocycles. The number of hydrogen-bond donors (Lipinski definition) is 1. The SMILES string of the molecule is CC(=O)CC1(O)C(=O)N(CCCOc2cccc3ccccc23)c2c(C)ccc(C)c21. The van der Waals surface area contributed by atoms with Crippen molar-refractivity contribution in [2.45, 2.75) is 39.2 Å². The van der Waals surface area contributed by atoms with Crippen LogP contribution < -0.4 is 9.64 Å². The Morgan fingerprint density at radius 2 is 1.74 bits per heavy atom. The van der Waals surface area contributed by atoms with E-state index in [9.17, 15) is 14.7 Å². The fraction of sp³-hybridized carbons (Fsp3) is 0.308. The number of aryl methyl sites for hydroxylation is 2. The summed E-state index contributed by atoms with van der Waals surface area (Å²) in [4.78, 5) is 26.7. The second-order valence-corrected chi connectivity index (χ2v) is 8.30. The molecule has 1 N–H and O–H groups in total. The van der Waals surface area contributed by atoms with E-state index in [0.29, 0.717) is 25.1 Å². The van der Waals surface area contributed by atoms with Gasteiger partial charge in [-0.1, -0.05) is 48.5 Å². The summed E-state index contributed by atoms with van der Waals surface area (Å²) in [5.74, 6) is 0.162. The van der Waals surface area contributed by atoms with E-state index in [1.165, 1.54) is 6.92 Å². The molecule has 1 unspecified atom stereocenters. The highest BCUT2D eigenvalue weighted by atomic mass is 16.5. The Bertz CT molecular complexity index is 1160. The number of benzene rings is 3. The van der Waals surface area contributed by atoms with Crippen molar-refractivity contribution < 1.29 is 19.4 Å². The van der Waals surface area contributed by atoms with Gasteiger partial charge in [-0.15, -0.1) is 0 Å². The summed E-state index contributed by atoms with van der Waals surface area (Å²) < 4.78 is 6.02. The average Bonchev–Trinajstić information content (AvgIpc) is 2.96. The maximum atomic E-state index is 13.2. The van der Waals surface area contributed by atoms with Gasteiger partial charge in [-0.05, 0) is 49.8 Å². The highest BCUT2D eigenvalue weighted by molar-refractivity contribution is 6.09. The van der Waals surface area contributed by atoms with Crippen LogP contribution >= 0.6 is 0 Å². The van der Waals surface area contributed by atoms with Gasteiger partial charge >= 0.3 is 0 Å². The number of Topliss-reactive ketones (excluding diaryl/α,β-unsaturated/α-hetero) is 1. The first-order chi connectivity index (χ1) is 14.8. The Morgan fingerprint density at radius 3 is 2.52 bits per heavy atom. The molecule has 1 amide bonds. The largest absolute Gasteiger partial charge is 0.493 e. The van der Waals surface area contributed by atoms with Gasteiger partial charge in [-0.2, -0.15) is 0 Å². The third-order valence-electron chi connectivity index (χ3n) is 5.91. The lowest BCUT2D eigenvalue weighted by Gasteiger charge is -2.23. The molecule has 31 heavy (non-hydrogen) atoms. The molecule has 160 valence electrons. The topological polar surface area (TPSA) is 66.8 Å². The van der Waals surface area contributed by atoms with Gasteiger partial charge in [0, 0.05) is 23.9 Å². The first kappa shape index (κ1) is 21.1. The summed E-state index contributed by atoms with van der Waals surface area (Å²) in [5.41, 5.74) is 1.20.